The molecular formula is C17H23N3O4S. The quantitative estimate of drug-likeness (QED) is 0.744. The Hall–Kier alpha value is -2.22. The molecule has 0 aliphatic carbocycles. The Labute approximate surface area is 150 Å². The molecule has 0 aliphatic heterocycles. The summed E-state index contributed by atoms with van der Waals surface area (Å²) in [5.74, 6) is -0.574. The van der Waals surface area contributed by atoms with E-state index in [-0.39, 0.29) is 24.2 Å². The summed E-state index contributed by atoms with van der Waals surface area (Å²) in [5, 5.41) is 23.5. The van der Waals surface area contributed by atoms with E-state index in [1.807, 2.05) is 37.6 Å². The van der Waals surface area contributed by atoms with Crippen LogP contribution in [0.4, 0.5) is 0 Å². The van der Waals surface area contributed by atoms with E-state index in [0.29, 0.717) is 24.6 Å². The average Bonchev–Trinajstić information content (AvgIpc) is 3.18. The number of carbonyl (C=O) groups excluding carboxylic acids is 1. The Balaban J connectivity index is 1.83. The molecular weight excluding hydrogens is 342 g/mol. The lowest BCUT2D eigenvalue weighted by Gasteiger charge is -2.21. The number of amides is 1. The standard InChI is InChI=1S/C17H23N3O4S/c1-17(2,3)8-6-12(16(22)23)18-13(21)4-5-14-19-20-15(24-14)11-7-9-25-10-11/h7,9-10,12H,4-6,8H2,1-3H3,(H,18,21)(H,22,23). The highest BCUT2D eigenvalue weighted by Gasteiger charge is 2.23. The van der Waals surface area contributed by atoms with E-state index < -0.39 is 12.0 Å². The number of aliphatic carboxylic acids is 1. The molecule has 2 N–H and O–H groups in total. The summed E-state index contributed by atoms with van der Waals surface area (Å²) in [6, 6.07) is 0.997. The average molecular weight is 365 g/mol. The first-order valence-electron chi connectivity index (χ1n) is 8.12. The maximum atomic E-state index is 12.0. The summed E-state index contributed by atoms with van der Waals surface area (Å²) in [5.41, 5.74) is 0.863. The topological polar surface area (TPSA) is 105 Å². The first kappa shape index (κ1) is 19.1. The van der Waals surface area contributed by atoms with Crippen molar-refractivity contribution in [3.05, 3.63) is 22.7 Å². The Bertz CT molecular complexity index is 704. The number of thiophene rings is 1. The number of aryl methyl sites for hydroxylation is 1. The number of hydrogen-bond acceptors (Lipinski definition) is 6. The highest BCUT2D eigenvalue weighted by Crippen LogP contribution is 2.22. The van der Waals surface area contributed by atoms with Gasteiger partial charge in [0.1, 0.15) is 6.04 Å². The van der Waals surface area contributed by atoms with Gasteiger partial charge in [-0.2, -0.15) is 11.3 Å². The van der Waals surface area contributed by atoms with E-state index >= 15 is 0 Å². The zero-order valence-corrected chi connectivity index (χ0v) is 15.4. The molecule has 1 amide bonds. The first-order valence-corrected chi connectivity index (χ1v) is 9.06. The molecule has 2 aromatic heterocycles. The minimum Gasteiger partial charge on any atom is -0.480 e. The van der Waals surface area contributed by atoms with Crippen molar-refractivity contribution >= 4 is 23.2 Å². The second-order valence-electron chi connectivity index (χ2n) is 7.07. The van der Waals surface area contributed by atoms with Gasteiger partial charge in [-0.1, -0.05) is 20.8 Å². The molecule has 1 unspecified atom stereocenters. The number of aromatic nitrogens is 2. The smallest absolute Gasteiger partial charge is 0.326 e. The number of rotatable bonds is 8. The summed E-state index contributed by atoms with van der Waals surface area (Å²) in [6.07, 6.45) is 1.48. The SMILES string of the molecule is CC(C)(C)CCC(NC(=O)CCc1nnc(-c2ccsc2)o1)C(=O)O. The second kappa shape index (κ2) is 8.24. The van der Waals surface area contributed by atoms with Gasteiger partial charge in [0.05, 0.1) is 0 Å². The fourth-order valence-electron chi connectivity index (χ4n) is 2.18. The highest BCUT2D eigenvalue weighted by atomic mass is 32.1. The molecule has 8 heteroatoms. The molecule has 0 aliphatic rings. The fraction of sp³-hybridized carbons (Fsp3) is 0.529. The molecule has 2 heterocycles. The van der Waals surface area contributed by atoms with Crippen molar-refractivity contribution in [2.75, 3.05) is 0 Å². The number of carboxylic acids is 1. The maximum Gasteiger partial charge on any atom is 0.326 e. The molecule has 136 valence electrons. The Morgan fingerprint density at radius 3 is 2.72 bits per heavy atom. The van der Waals surface area contributed by atoms with Crippen LogP contribution in [0, 0.1) is 5.41 Å². The van der Waals surface area contributed by atoms with Crippen molar-refractivity contribution in [3.8, 4) is 11.5 Å². The molecule has 0 radical (unpaired) electrons. The van der Waals surface area contributed by atoms with Gasteiger partial charge in [0.2, 0.25) is 17.7 Å². The van der Waals surface area contributed by atoms with Gasteiger partial charge in [0.25, 0.3) is 0 Å². The van der Waals surface area contributed by atoms with Gasteiger partial charge in [-0.15, -0.1) is 10.2 Å². The Morgan fingerprint density at radius 1 is 1.36 bits per heavy atom. The molecule has 2 aromatic rings. The van der Waals surface area contributed by atoms with E-state index in [0.717, 1.165) is 5.56 Å². The van der Waals surface area contributed by atoms with Crippen LogP contribution < -0.4 is 5.32 Å². The van der Waals surface area contributed by atoms with Crippen molar-refractivity contribution in [1.82, 2.24) is 15.5 Å². The van der Waals surface area contributed by atoms with Crippen LogP contribution in [0.5, 0.6) is 0 Å². The van der Waals surface area contributed by atoms with Crippen molar-refractivity contribution in [2.24, 2.45) is 5.41 Å². The predicted octanol–water partition coefficient (Wildman–Crippen LogP) is 3.13. The maximum absolute atomic E-state index is 12.0. The Kier molecular flexibility index (Phi) is 6.30. The van der Waals surface area contributed by atoms with E-state index in [1.165, 1.54) is 11.3 Å². The minimum absolute atomic E-state index is 0.0141. The van der Waals surface area contributed by atoms with Crippen LogP contribution >= 0.6 is 11.3 Å². The number of carbonyl (C=O) groups is 2. The molecule has 0 saturated heterocycles. The summed E-state index contributed by atoms with van der Waals surface area (Å²) < 4.78 is 5.51. The van der Waals surface area contributed by atoms with E-state index in [1.54, 1.807) is 0 Å². The third-order valence-corrected chi connectivity index (χ3v) is 4.30. The van der Waals surface area contributed by atoms with Crippen LogP contribution in [0.2, 0.25) is 0 Å². The molecule has 7 nitrogen and oxygen atoms in total. The van der Waals surface area contributed by atoms with Gasteiger partial charge in [0, 0.05) is 23.8 Å². The monoisotopic (exact) mass is 365 g/mol. The molecule has 0 saturated carbocycles. The lowest BCUT2D eigenvalue weighted by Crippen LogP contribution is -2.41. The zero-order valence-electron chi connectivity index (χ0n) is 14.6. The largest absolute Gasteiger partial charge is 0.480 e. The molecule has 0 aromatic carbocycles. The zero-order chi connectivity index (χ0) is 18.4. The van der Waals surface area contributed by atoms with Gasteiger partial charge in [-0.3, -0.25) is 4.79 Å². The lowest BCUT2D eigenvalue weighted by atomic mass is 9.88. The van der Waals surface area contributed by atoms with Gasteiger partial charge in [0.15, 0.2) is 0 Å². The van der Waals surface area contributed by atoms with E-state index in [2.05, 4.69) is 15.5 Å². The normalized spacial score (nSPS) is 12.8. The van der Waals surface area contributed by atoms with Gasteiger partial charge in [-0.05, 0) is 29.7 Å². The molecule has 0 spiro atoms. The summed E-state index contributed by atoms with van der Waals surface area (Å²) >= 11 is 1.53. The highest BCUT2D eigenvalue weighted by molar-refractivity contribution is 7.08. The van der Waals surface area contributed by atoms with Crippen molar-refractivity contribution in [1.29, 1.82) is 0 Å². The second-order valence-corrected chi connectivity index (χ2v) is 7.85. The van der Waals surface area contributed by atoms with Crippen LogP contribution in [-0.4, -0.2) is 33.2 Å². The molecule has 0 fully saturated rings. The number of hydrogen-bond donors (Lipinski definition) is 2. The van der Waals surface area contributed by atoms with Gasteiger partial charge < -0.3 is 14.8 Å². The van der Waals surface area contributed by atoms with Crippen LogP contribution in [0.1, 0.15) is 45.9 Å². The third-order valence-electron chi connectivity index (χ3n) is 3.62. The van der Waals surface area contributed by atoms with Gasteiger partial charge >= 0.3 is 5.97 Å². The molecule has 2 rings (SSSR count). The van der Waals surface area contributed by atoms with Crippen LogP contribution in [0.25, 0.3) is 11.5 Å². The van der Waals surface area contributed by atoms with Gasteiger partial charge in [-0.25, -0.2) is 4.79 Å². The third kappa shape index (κ3) is 6.30. The van der Waals surface area contributed by atoms with Crippen molar-refractivity contribution in [2.45, 2.75) is 52.5 Å². The molecule has 1 atom stereocenters. The van der Waals surface area contributed by atoms with Crippen LogP contribution in [0.3, 0.4) is 0 Å². The predicted molar refractivity (Wildman–Crippen MR) is 94.2 cm³/mol. The number of nitrogens with one attached hydrogen (secondary N) is 1. The molecule has 25 heavy (non-hydrogen) atoms. The summed E-state index contributed by atoms with van der Waals surface area (Å²) in [7, 11) is 0. The number of carboxylic acid groups (broad SMARTS) is 1. The fourth-order valence-corrected chi connectivity index (χ4v) is 2.81. The Morgan fingerprint density at radius 2 is 2.12 bits per heavy atom. The minimum atomic E-state index is -1.02. The van der Waals surface area contributed by atoms with E-state index in [4.69, 9.17) is 4.42 Å². The summed E-state index contributed by atoms with van der Waals surface area (Å²) in [6.45, 7) is 6.11. The molecule has 0 bridgehead atoms. The lowest BCUT2D eigenvalue weighted by molar-refractivity contribution is -0.142. The van der Waals surface area contributed by atoms with Crippen LogP contribution in [-0.2, 0) is 16.0 Å². The summed E-state index contributed by atoms with van der Waals surface area (Å²) in [4.78, 5) is 23.3. The first-order chi connectivity index (χ1) is 11.7. The van der Waals surface area contributed by atoms with Crippen LogP contribution in [0.15, 0.2) is 21.2 Å². The van der Waals surface area contributed by atoms with E-state index in [9.17, 15) is 14.7 Å². The van der Waals surface area contributed by atoms with Crippen molar-refractivity contribution < 1.29 is 19.1 Å². The number of nitrogens with zero attached hydrogens (tertiary/aromatic N) is 2. The van der Waals surface area contributed by atoms with Crippen molar-refractivity contribution in [3.63, 3.8) is 0 Å².